The normalized spacial score (nSPS) is 17.4. The SMILES string of the molecule is C[C@@](CCn1cnc2cc(-c3ccc(CN4CC(F)(F)C4)cc3F)ccc2c1=O)(C(=O)CO)S(C)(=O)=O. The summed E-state index contributed by atoms with van der Waals surface area (Å²) >= 11 is 0. The first-order valence-electron chi connectivity index (χ1n) is 11.5. The lowest BCUT2D eigenvalue weighted by Gasteiger charge is -2.38. The summed E-state index contributed by atoms with van der Waals surface area (Å²) in [5, 5.41) is 9.42. The first kappa shape index (κ1) is 27.0. The van der Waals surface area contributed by atoms with E-state index in [0.29, 0.717) is 16.6 Å². The van der Waals surface area contributed by atoms with Gasteiger partial charge in [-0.2, -0.15) is 0 Å². The van der Waals surface area contributed by atoms with Crippen LogP contribution in [0.3, 0.4) is 0 Å². The molecule has 1 aromatic heterocycles. The molecule has 1 aliphatic rings. The Morgan fingerprint density at radius 1 is 1.19 bits per heavy atom. The zero-order chi connectivity index (χ0) is 27.2. The number of hydrogen-bond donors (Lipinski definition) is 1. The van der Waals surface area contributed by atoms with E-state index in [9.17, 15) is 36.3 Å². The average molecular weight is 538 g/mol. The minimum Gasteiger partial charge on any atom is -0.389 e. The summed E-state index contributed by atoms with van der Waals surface area (Å²) in [6.07, 6.45) is 1.89. The van der Waals surface area contributed by atoms with Crippen LogP contribution in [-0.2, 0) is 27.7 Å². The number of halogens is 3. The fourth-order valence-corrected chi connectivity index (χ4v) is 5.33. The molecule has 0 unspecified atom stereocenters. The number of alkyl halides is 2. The molecular formula is C25H26F3N3O5S. The predicted octanol–water partition coefficient (Wildman–Crippen LogP) is 2.41. The highest BCUT2D eigenvalue weighted by Crippen LogP contribution is 2.30. The Morgan fingerprint density at radius 3 is 2.49 bits per heavy atom. The first-order valence-corrected chi connectivity index (χ1v) is 13.4. The highest BCUT2D eigenvalue weighted by molar-refractivity contribution is 7.92. The van der Waals surface area contributed by atoms with Gasteiger partial charge in [0.05, 0.1) is 30.3 Å². The molecule has 1 fully saturated rings. The van der Waals surface area contributed by atoms with Crippen molar-refractivity contribution < 1.29 is 31.5 Å². The van der Waals surface area contributed by atoms with E-state index in [0.717, 1.165) is 6.26 Å². The third-order valence-corrected chi connectivity index (χ3v) is 8.94. The maximum absolute atomic E-state index is 14.9. The van der Waals surface area contributed by atoms with Gasteiger partial charge in [-0.25, -0.2) is 26.6 Å². The van der Waals surface area contributed by atoms with Gasteiger partial charge in [0, 0.05) is 24.9 Å². The number of rotatable bonds is 9. The predicted molar refractivity (Wildman–Crippen MR) is 132 cm³/mol. The average Bonchev–Trinajstić information content (AvgIpc) is 2.81. The first-order chi connectivity index (χ1) is 17.2. The number of likely N-dealkylation sites (tertiary alicyclic amines) is 1. The zero-order valence-corrected chi connectivity index (χ0v) is 21.1. The minimum absolute atomic E-state index is 0.127. The van der Waals surface area contributed by atoms with Crippen LogP contribution in [0.4, 0.5) is 13.2 Å². The Labute approximate surface area is 211 Å². The van der Waals surface area contributed by atoms with E-state index in [1.165, 1.54) is 34.9 Å². The number of fused-ring (bicyclic) bond motifs is 1. The maximum Gasteiger partial charge on any atom is 0.272 e. The quantitative estimate of drug-likeness (QED) is 0.447. The highest BCUT2D eigenvalue weighted by Gasteiger charge is 2.43. The second-order valence-electron chi connectivity index (χ2n) is 9.62. The monoisotopic (exact) mass is 537 g/mol. The van der Waals surface area contributed by atoms with Gasteiger partial charge in [-0.05, 0) is 42.7 Å². The van der Waals surface area contributed by atoms with Crippen LogP contribution in [0.2, 0.25) is 0 Å². The fourth-order valence-electron chi connectivity index (χ4n) is 4.39. The molecule has 1 aliphatic heterocycles. The number of aliphatic hydroxyl groups is 1. The number of sulfone groups is 1. The van der Waals surface area contributed by atoms with Crippen molar-refractivity contribution in [2.24, 2.45) is 0 Å². The summed E-state index contributed by atoms with van der Waals surface area (Å²) in [6.45, 7) is -0.342. The van der Waals surface area contributed by atoms with Crippen molar-refractivity contribution in [3.63, 3.8) is 0 Å². The van der Waals surface area contributed by atoms with Gasteiger partial charge in [0.1, 0.15) is 17.2 Å². The lowest BCUT2D eigenvalue weighted by molar-refractivity contribution is -0.133. The van der Waals surface area contributed by atoms with Gasteiger partial charge in [-0.3, -0.25) is 19.1 Å². The van der Waals surface area contributed by atoms with Crippen LogP contribution in [0.25, 0.3) is 22.0 Å². The van der Waals surface area contributed by atoms with Gasteiger partial charge in [-0.1, -0.05) is 18.2 Å². The van der Waals surface area contributed by atoms with Crippen molar-refractivity contribution in [1.29, 1.82) is 0 Å². The number of Topliss-reactive ketones (excluding diaryl/α,β-unsaturated/α-hetero) is 1. The maximum atomic E-state index is 14.9. The minimum atomic E-state index is -3.87. The molecule has 12 heteroatoms. The van der Waals surface area contributed by atoms with Crippen molar-refractivity contribution in [3.05, 3.63) is 64.5 Å². The van der Waals surface area contributed by atoms with Crippen LogP contribution in [0.15, 0.2) is 47.5 Å². The smallest absolute Gasteiger partial charge is 0.272 e. The Kier molecular flexibility index (Phi) is 7.04. The Bertz CT molecular complexity index is 1530. The van der Waals surface area contributed by atoms with Crippen LogP contribution in [0.1, 0.15) is 18.9 Å². The van der Waals surface area contributed by atoms with Crippen LogP contribution >= 0.6 is 0 Å². The van der Waals surface area contributed by atoms with E-state index < -0.39 is 44.3 Å². The third-order valence-electron chi connectivity index (χ3n) is 6.87. The molecule has 0 saturated carbocycles. The second kappa shape index (κ2) is 9.66. The largest absolute Gasteiger partial charge is 0.389 e. The van der Waals surface area contributed by atoms with Gasteiger partial charge in [0.15, 0.2) is 15.6 Å². The summed E-state index contributed by atoms with van der Waals surface area (Å²) in [6, 6.07) is 9.10. The molecule has 198 valence electrons. The molecule has 2 heterocycles. The zero-order valence-electron chi connectivity index (χ0n) is 20.2. The van der Waals surface area contributed by atoms with Crippen LogP contribution in [0, 0.1) is 5.82 Å². The molecule has 0 amide bonds. The molecule has 1 saturated heterocycles. The van der Waals surface area contributed by atoms with Gasteiger partial charge in [0.2, 0.25) is 0 Å². The van der Waals surface area contributed by atoms with E-state index in [2.05, 4.69) is 4.98 Å². The summed E-state index contributed by atoms with van der Waals surface area (Å²) in [5.41, 5.74) is 1.12. The Morgan fingerprint density at radius 2 is 1.89 bits per heavy atom. The Hall–Kier alpha value is -3.09. The number of ketones is 1. The van der Waals surface area contributed by atoms with Crippen LogP contribution in [0.5, 0.6) is 0 Å². The number of aliphatic hydroxyl groups excluding tert-OH is 1. The Balaban J connectivity index is 1.56. The number of carbonyl (C=O) groups excluding carboxylic acids is 1. The number of aryl methyl sites for hydroxylation is 1. The number of benzene rings is 2. The van der Waals surface area contributed by atoms with E-state index >= 15 is 0 Å². The molecular weight excluding hydrogens is 511 g/mol. The van der Waals surface area contributed by atoms with Gasteiger partial charge in [-0.15, -0.1) is 0 Å². The summed E-state index contributed by atoms with van der Waals surface area (Å²) in [7, 11) is -3.87. The third kappa shape index (κ3) is 5.32. The molecule has 2 aromatic carbocycles. The van der Waals surface area contributed by atoms with Crippen molar-refractivity contribution in [2.45, 2.75) is 37.1 Å². The fraction of sp³-hybridized carbons (Fsp3) is 0.400. The molecule has 37 heavy (non-hydrogen) atoms. The second-order valence-corrected chi connectivity index (χ2v) is 12.1. The lowest BCUT2D eigenvalue weighted by Crippen LogP contribution is -2.55. The lowest BCUT2D eigenvalue weighted by atomic mass is 10.0. The summed E-state index contributed by atoms with van der Waals surface area (Å²) in [4.78, 5) is 30.9. The van der Waals surface area contributed by atoms with Crippen molar-refractivity contribution in [3.8, 4) is 11.1 Å². The molecule has 8 nitrogen and oxygen atoms in total. The van der Waals surface area contributed by atoms with E-state index in [4.69, 9.17) is 0 Å². The van der Waals surface area contributed by atoms with Crippen molar-refractivity contribution >= 4 is 26.5 Å². The van der Waals surface area contributed by atoms with Gasteiger partial charge >= 0.3 is 0 Å². The number of aromatic nitrogens is 2. The molecule has 4 rings (SSSR count). The van der Waals surface area contributed by atoms with Crippen LogP contribution < -0.4 is 5.56 Å². The topological polar surface area (TPSA) is 110 Å². The molecule has 0 bridgehead atoms. The molecule has 3 aromatic rings. The summed E-state index contributed by atoms with van der Waals surface area (Å²) < 4.78 is 64.6. The number of nitrogens with zero attached hydrogens (tertiary/aromatic N) is 3. The standard InChI is InChI=1S/C25H26F3N3O5S/c1-24(22(33)12-32,37(2,35)36)7-8-31-15-29-21-10-17(4-6-19(21)23(31)34)18-5-3-16(9-20(18)26)11-30-13-25(27,28)14-30/h3-6,9-10,15,32H,7-8,11-14H2,1-2H3/t24-/m1/s1. The van der Waals surface area contributed by atoms with E-state index in [-0.39, 0.29) is 43.5 Å². The van der Waals surface area contributed by atoms with E-state index in [1.54, 1.807) is 24.3 Å². The van der Waals surface area contributed by atoms with Crippen LogP contribution in [-0.4, -0.2) is 70.4 Å². The van der Waals surface area contributed by atoms with Crippen molar-refractivity contribution in [2.75, 3.05) is 26.0 Å². The molecule has 0 radical (unpaired) electrons. The van der Waals surface area contributed by atoms with Gasteiger partial charge in [0.25, 0.3) is 11.5 Å². The summed E-state index contributed by atoms with van der Waals surface area (Å²) in [5.74, 6) is -4.09. The van der Waals surface area contributed by atoms with Gasteiger partial charge < -0.3 is 5.11 Å². The number of hydrogen-bond acceptors (Lipinski definition) is 7. The van der Waals surface area contributed by atoms with E-state index in [1.807, 2.05) is 0 Å². The highest BCUT2D eigenvalue weighted by atomic mass is 32.2. The molecule has 0 aliphatic carbocycles. The molecule has 0 spiro atoms. The van der Waals surface area contributed by atoms with Crippen molar-refractivity contribution in [1.82, 2.24) is 14.5 Å². The number of carbonyl (C=O) groups is 1. The molecule has 1 N–H and O–H groups in total. The molecule has 1 atom stereocenters.